The van der Waals surface area contributed by atoms with Gasteiger partial charge in [-0.1, -0.05) is 5.21 Å². The molecular weight excluding hydrogens is 233 g/mol. The van der Waals surface area contributed by atoms with Crippen molar-refractivity contribution in [3.05, 3.63) is 54.1 Å². The summed E-state index contributed by atoms with van der Waals surface area (Å²) >= 11 is 0. The summed E-state index contributed by atoms with van der Waals surface area (Å²) in [6, 6.07) is 4.62. The summed E-state index contributed by atoms with van der Waals surface area (Å²) in [5, 5.41) is 7.92. The van der Waals surface area contributed by atoms with Crippen LogP contribution >= 0.6 is 0 Å². The summed E-state index contributed by atoms with van der Waals surface area (Å²) in [5.41, 5.74) is 3.48. The topological polar surface area (TPSA) is 48.5 Å². The van der Waals surface area contributed by atoms with Gasteiger partial charge in [-0.25, -0.2) is 14.1 Å². The van der Waals surface area contributed by atoms with E-state index in [1.165, 1.54) is 12.1 Å². The fourth-order valence-electron chi connectivity index (χ4n) is 2.31. The lowest BCUT2D eigenvalue weighted by Crippen LogP contribution is -2.03. The molecule has 6 heteroatoms. The number of hydrogen-bond donors (Lipinski definition) is 0. The maximum Gasteiger partial charge on any atom is 0.125 e. The second kappa shape index (κ2) is 3.25. The summed E-state index contributed by atoms with van der Waals surface area (Å²) < 4.78 is 17.1. The van der Waals surface area contributed by atoms with Crippen molar-refractivity contribution in [3.8, 4) is 11.4 Å². The van der Waals surface area contributed by atoms with Crippen LogP contribution < -0.4 is 0 Å². The standard InChI is InChI=1S/C12H8FN5/c13-8-1-2-11-12(3-8)18-10(6-15-16-18)4-9-5-14-7-17(9)11/h1-3,5-7H,4H2. The average Bonchev–Trinajstić information content (AvgIpc) is 2.97. The zero-order valence-corrected chi connectivity index (χ0v) is 9.29. The summed E-state index contributed by atoms with van der Waals surface area (Å²) in [6.07, 6.45) is 5.89. The Hall–Kier alpha value is -2.50. The van der Waals surface area contributed by atoms with Gasteiger partial charge in [-0.15, -0.1) is 5.10 Å². The lowest BCUT2D eigenvalue weighted by Gasteiger charge is -2.09. The van der Waals surface area contributed by atoms with Crippen molar-refractivity contribution in [2.45, 2.75) is 6.42 Å². The number of nitrogens with zero attached hydrogens (tertiary/aromatic N) is 5. The Morgan fingerprint density at radius 1 is 1.11 bits per heavy atom. The lowest BCUT2D eigenvalue weighted by molar-refractivity contribution is 0.624. The first-order chi connectivity index (χ1) is 8.83. The highest BCUT2D eigenvalue weighted by Crippen LogP contribution is 2.27. The molecule has 1 aromatic carbocycles. The highest BCUT2D eigenvalue weighted by Gasteiger charge is 2.20. The fourth-order valence-corrected chi connectivity index (χ4v) is 2.31. The van der Waals surface area contributed by atoms with Gasteiger partial charge in [0.15, 0.2) is 0 Å². The van der Waals surface area contributed by atoms with Crippen LogP contribution in [-0.2, 0) is 6.42 Å². The van der Waals surface area contributed by atoms with Crippen molar-refractivity contribution in [1.82, 2.24) is 24.5 Å². The Bertz CT molecular complexity index is 743. The van der Waals surface area contributed by atoms with Gasteiger partial charge in [0, 0.05) is 24.4 Å². The summed E-state index contributed by atoms with van der Waals surface area (Å²) in [4.78, 5) is 4.14. The van der Waals surface area contributed by atoms with Gasteiger partial charge in [0.2, 0.25) is 0 Å². The van der Waals surface area contributed by atoms with Crippen LogP contribution in [0.3, 0.4) is 0 Å². The summed E-state index contributed by atoms with van der Waals surface area (Å²) in [5.74, 6) is -0.293. The number of aromatic nitrogens is 5. The van der Waals surface area contributed by atoms with E-state index in [1.54, 1.807) is 29.5 Å². The van der Waals surface area contributed by atoms with Crippen LogP contribution in [0.1, 0.15) is 11.4 Å². The second-order valence-corrected chi connectivity index (χ2v) is 4.20. The van der Waals surface area contributed by atoms with Crippen molar-refractivity contribution >= 4 is 0 Å². The molecule has 0 aliphatic carbocycles. The first-order valence-electron chi connectivity index (χ1n) is 5.54. The third-order valence-electron chi connectivity index (χ3n) is 3.12. The van der Waals surface area contributed by atoms with Gasteiger partial charge in [0.1, 0.15) is 5.82 Å². The van der Waals surface area contributed by atoms with Crippen LogP contribution in [0.25, 0.3) is 11.4 Å². The number of benzene rings is 1. The van der Waals surface area contributed by atoms with Gasteiger partial charge in [0.25, 0.3) is 0 Å². The number of halogens is 1. The molecule has 4 rings (SSSR count). The van der Waals surface area contributed by atoms with E-state index >= 15 is 0 Å². The monoisotopic (exact) mass is 241 g/mol. The summed E-state index contributed by atoms with van der Waals surface area (Å²) in [7, 11) is 0. The molecule has 0 N–H and O–H groups in total. The Morgan fingerprint density at radius 2 is 2.06 bits per heavy atom. The van der Waals surface area contributed by atoms with E-state index in [4.69, 9.17) is 0 Å². The molecule has 0 amide bonds. The Kier molecular flexibility index (Phi) is 1.72. The zero-order chi connectivity index (χ0) is 12.1. The number of hydrogen-bond acceptors (Lipinski definition) is 3. The third kappa shape index (κ3) is 1.17. The van der Waals surface area contributed by atoms with Crippen molar-refractivity contribution in [2.24, 2.45) is 0 Å². The number of imidazole rings is 1. The van der Waals surface area contributed by atoms with Crippen LogP contribution in [0.2, 0.25) is 0 Å². The average molecular weight is 241 g/mol. The lowest BCUT2D eigenvalue weighted by atomic mass is 10.2. The van der Waals surface area contributed by atoms with Gasteiger partial charge in [-0.2, -0.15) is 0 Å². The first-order valence-corrected chi connectivity index (χ1v) is 5.54. The maximum absolute atomic E-state index is 13.4. The smallest absolute Gasteiger partial charge is 0.125 e. The Labute approximate surface area is 102 Å². The van der Waals surface area contributed by atoms with E-state index in [0.717, 1.165) is 17.1 Å². The summed E-state index contributed by atoms with van der Waals surface area (Å²) in [6.45, 7) is 0. The van der Waals surface area contributed by atoms with Crippen LogP contribution in [-0.4, -0.2) is 24.5 Å². The molecule has 0 radical (unpaired) electrons. The largest absolute Gasteiger partial charge is 0.301 e. The first kappa shape index (κ1) is 9.52. The SMILES string of the molecule is Fc1ccc2c(c1)-n1nncc1Cc1cncn1-2. The van der Waals surface area contributed by atoms with Crippen molar-refractivity contribution in [2.75, 3.05) is 0 Å². The van der Waals surface area contributed by atoms with E-state index < -0.39 is 0 Å². The molecule has 0 fully saturated rings. The van der Waals surface area contributed by atoms with E-state index in [0.29, 0.717) is 12.1 Å². The Balaban J connectivity index is 2.13. The van der Waals surface area contributed by atoms with E-state index in [2.05, 4.69) is 15.3 Å². The molecule has 0 saturated heterocycles. The van der Waals surface area contributed by atoms with Crippen molar-refractivity contribution in [1.29, 1.82) is 0 Å². The molecule has 2 aromatic heterocycles. The van der Waals surface area contributed by atoms with Crippen molar-refractivity contribution < 1.29 is 4.39 Å². The molecular formula is C12H8FN5. The molecule has 0 bridgehead atoms. The minimum absolute atomic E-state index is 0.293. The molecule has 0 atom stereocenters. The molecule has 88 valence electrons. The Morgan fingerprint density at radius 3 is 3.00 bits per heavy atom. The van der Waals surface area contributed by atoms with E-state index in [-0.39, 0.29) is 5.82 Å². The number of rotatable bonds is 0. The molecule has 5 nitrogen and oxygen atoms in total. The molecule has 0 unspecified atom stereocenters. The van der Waals surface area contributed by atoms with Gasteiger partial charge in [0.05, 0.1) is 29.6 Å². The zero-order valence-electron chi connectivity index (χ0n) is 9.29. The van der Waals surface area contributed by atoms with Crippen LogP contribution in [0.15, 0.2) is 36.9 Å². The molecule has 3 heterocycles. The molecule has 1 aliphatic heterocycles. The number of fused-ring (bicyclic) bond motifs is 5. The van der Waals surface area contributed by atoms with Gasteiger partial charge in [-0.05, 0) is 12.1 Å². The highest BCUT2D eigenvalue weighted by molar-refractivity contribution is 5.55. The minimum Gasteiger partial charge on any atom is -0.301 e. The molecule has 3 aromatic rings. The van der Waals surface area contributed by atoms with E-state index in [9.17, 15) is 4.39 Å². The normalized spacial score (nSPS) is 12.5. The minimum atomic E-state index is -0.293. The third-order valence-corrected chi connectivity index (χ3v) is 3.12. The van der Waals surface area contributed by atoms with E-state index in [1.807, 2.05) is 4.57 Å². The second-order valence-electron chi connectivity index (χ2n) is 4.20. The van der Waals surface area contributed by atoms with Crippen molar-refractivity contribution in [3.63, 3.8) is 0 Å². The van der Waals surface area contributed by atoms with Crippen LogP contribution in [0, 0.1) is 5.82 Å². The predicted molar refractivity (Wildman–Crippen MR) is 61.2 cm³/mol. The van der Waals surface area contributed by atoms with Gasteiger partial charge < -0.3 is 4.57 Å². The molecule has 0 spiro atoms. The molecule has 18 heavy (non-hydrogen) atoms. The molecule has 1 aliphatic rings. The van der Waals surface area contributed by atoms with Crippen LogP contribution in [0.4, 0.5) is 4.39 Å². The van der Waals surface area contributed by atoms with Gasteiger partial charge in [-0.3, -0.25) is 0 Å². The highest BCUT2D eigenvalue weighted by atomic mass is 19.1. The maximum atomic E-state index is 13.4. The predicted octanol–water partition coefficient (Wildman–Crippen LogP) is 1.50. The fraction of sp³-hybridized carbons (Fsp3) is 0.0833. The molecule has 0 saturated carbocycles. The quantitative estimate of drug-likeness (QED) is 0.468. The van der Waals surface area contributed by atoms with Gasteiger partial charge >= 0.3 is 0 Å². The van der Waals surface area contributed by atoms with Crippen LogP contribution in [0.5, 0.6) is 0 Å².